The van der Waals surface area contributed by atoms with Crippen molar-refractivity contribution >= 4 is 36.4 Å². The first-order valence-corrected chi connectivity index (χ1v) is 5.30. The van der Waals surface area contributed by atoms with Crippen LogP contribution in [-0.2, 0) is 0 Å². The third kappa shape index (κ3) is 1.91. The third-order valence-electron chi connectivity index (χ3n) is 2.89. The summed E-state index contributed by atoms with van der Waals surface area (Å²) >= 11 is 0. The lowest BCUT2D eigenvalue weighted by molar-refractivity contribution is 0.0697. The summed E-state index contributed by atoms with van der Waals surface area (Å²) < 4.78 is 0. The summed E-state index contributed by atoms with van der Waals surface area (Å²) in [7, 11) is 0. The number of allylic oxidation sites excluding steroid dienone is 1. The number of anilines is 1. The van der Waals surface area contributed by atoms with Crippen molar-refractivity contribution in [1.82, 2.24) is 0 Å². The maximum atomic E-state index is 10.9. The number of carboxylic acid groups (broad SMARTS) is 1. The molecule has 0 radical (unpaired) electrons. The summed E-state index contributed by atoms with van der Waals surface area (Å²) in [5.41, 5.74) is 3.29. The first-order chi connectivity index (χ1) is 8.25. The Bertz CT molecular complexity index is 591. The van der Waals surface area contributed by atoms with Crippen molar-refractivity contribution in [2.45, 2.75) is 0 Å². The topological polar surface area (TPSA) is 52.9 Å². The fraction of sp³-hybridized carbons (Fsp3) is 0.0769. The summed E-state index contributed by atoms with van der Waals surface area (Å²) in [6, 6.07) is 5.16. The third-order valence-corrected chi connectivity index (χ3v) is 2.89. The number of rotatable bonds is 1. The van der Waals surface area contributed by atoms with Crippen LogP contribution < -0.4 is 4.90 Å². The molecule has 0 fully saturated rings. The molecule has 0 bridgehead atoms. The molecule has 92 valence electrons. The van der Waals surface area contributed by atoms with Crippen LogP contribution in [0.25, 0.3) is 6.08 Å². The molecule has 1 N–H and O–H groups in total. The Kier molecular flexibility index (Phi) is 3.21. The molecule has 1 aromatic rings. The Balaban J connectivity index is 0.00000120. The van der Waals surface area contributed by atoms with Crippen LogP contribution in [0.2, 0.25) is 0 Å². The van der Waals surface area contributed by atoms with Gasteiger partial charge in [0.1, 0.15) is 0 Å². The minimum atomic E-state index is -0.900. The highest BCUT2D eigenvalue weighted by Crippen LogP contribution is 2.32. The quantitative estimate of drug-likeness (QED) is 0.846. The SMILES string of the molecule is Cl.O=C(O)c1ccc2c(c1)C=CC1=CN=CCN12. The number of nitrogens with zero attached hydrogens (tertiary/aromatic N) is 2. The van der Waals surface area contributed by atoms with E-state index in [1.54, 1.807) is 18.3 Å². The van der Waals surface area contributed by atoms with Gasteiger partial charge in [-0.15, -0.1) is 12.4 Å². The first-order valence-electron chi connectivity index (χ1n) is 5.30. The maximum Gasteiger partial charge on any atom is 0.335 e. The lowest BCUT2D eigenvalue weighted by atomic mass is 10.0. The molecule has 1 aromatic carbocycles. The second-order valence-electron chi connectivity index (χ2n) is 3.91. The molecule has 0 saturated carbocycles. The predicted molar refractivity (Wildman–Crippen MR) is 73.6 cm³/mol. The molecular weight excluding hydrogens is 252 g/mol. The van der Waals surface area contributed by atoms with Crippen LogP contribution in [0.4, 0.5) is 5.69 Å². The minimum Gasteiger partial charge on any atom is -0.478 e. The number of hydrogen-bond acceptors (Lipinski definition) is 3. The normalized spacial score (nSPS) is 15.3. The lowest BCUT2D eigenvalue weighted by Gasteiger charge is -2.30. The second-order valence-corrected chi connectivity index (χ2v) is 3.91. The molecule has 0 aromatic heterocycles. The van der Waals surface area contributed by atoms with E-state index in [1.165, 1.54) is 0 Å². The van der Waals surface area contributed by atoms with Gasteiger partial charge in [0.25, 0.3) is 0 Å². The van der Waals surface area contributed by atoms with Gasteiger partial charge in [-0.05, 0) is 29.8 Å². The van der Waals surface area contributed by atoms with Crippen molar-refractivity contribution < 1.29 is 9.90 Å². The summed E-state index contributed by atoms with van der Waals surface area (Å²) in [5, 5.41) is 8.95. The van der Waals surface area contributed by atoms with Crippen molar-refractivity contribution in [3.63, 3.8) is 0 Å². The van der Waals surface area contributed by atoms with Gasteiger partial charge in [-0.2, -0.15) is 0 Å². The fourth-order valence-corrected chi connectivity index (χ4v) is 2.05. The molecule has 0 aliphatic carbocycles. The van der Waals surface area contributed by atoms with Gasteiger partial charge in [-0.1, -0.05) is 6.08 Å². The molecule has 0 atom stereocenters. The number of benzene rings is 1. The standard InChI is InChI=1S/C13H10N2O2.ClH/c16-13(17)10-2-4-12-9(7-10)1-3-11-8-14-5-6-15(11)12;/h1-5,7-8H,6H2,(H,16,17);1H. The number of fused-ring (bicyclic) bond motifs is 3. The number of hydrogen-bond donors (Lipinski definition) is 1. The van der Waals surface area contributed by atoms with Crippen molar-refractivity contribution in [1.29, 1.82) is 0 Å². The molecule has 18 heavy (non-hydrogen) atoms. The zero-order chi connectivity index (χ0) is 11.8. The number of carbonyl (C=O) groups is 1. The monoisotopic (exact) mass is 262 g/mol. The van der Waals surface area contributed by atoms with Gasteiger partial charge in [0.15, 0.2) is 0 Å². The van der Waals surface area contributed by atoms with Crippen molar-refractivity contribution in [2.75, 3.05) is 11.4 Å². The van der Waals surface area contributed by atoms with Gasteiger partial charge in [0.05, 0.1) is 24.0 Å². The largest absolute Gasteiger partial charge is 0.478 e. The van der Waals surface area contributed by atoms with E-state index in [2.05, 4.69) is 9.89 Å². The van der Waals surface area contributed by atoms with Crippen molar-refractivity contribution in [2.24, 2.45) is 4.99 Å². The van der Waals surface area contributed by atoms with Gasteiger partial charge < -0.3 is 10.0 Å². The van der Waals surface area contributed by atoms with E-state index in [0.29, 0.717) is 5.56 Å². The first kappa shape index (κ1) is 12.4. The van der Waals surface area contributed by atoms with E-state index in [4.69, 9.17) is 5.11 Å². The Morgan fingerprint density at radius 2 is 2.17 bits per heavy atom. The van der Waals surface area contributed by atoms with Crippen LogP contribution in [0, 0.1) is 0 Å². The van der Waals surface area contributed by atoms with Crippen molar-refractivity contribution in [3.8, 4) is 0 Å². The van der Waals surface area contributed by atoms with Crippen molar-refractivity contribution in [3.05, 3.63) is 47.3 Å². The molecule has 0 saturated heterocycles. The van der Waals surface area contributed by atoms with Crippen LogP contribution in [-0.4, -0.2) is 23.8 Å². The van der Waals surface area contributed by atoms with Gasteiger partial charge in [-0.3, -0.25) is 4.99 Å². The van der Waals surface area contributed by atoms with E-state index in [1.807, 2.05) is 24.4 Å². The van der Waals surface area contributed by atoms with Gasteiger partial charge in [0.2, 0.25) is 0 Å². The van der Waals surface area contributed by atoms with E-state index in [0.717, 1.165) is 23.5 Å². The Hall–Kier alpha value is -2.07. The molecule has 2 heterocycles. The minimum absolute atomic E-state index is 0. The summed E-state index contributed by atoms with van der Waals surface area (Å²) in [5.74, 6) is -0.900. The van der Waals surface area contributed by atoms with Crippen LogP contribution >= 0.6 is 12.4 Å². The lowest BCUT2D eigenvalue weighted by Crippen LogP contribution is -2.28. The average Bonchev–Trinajstić information content (AvgIpc) is 2.38. The van der Waals surface area contributed by atoms with Gasteiger partial charge in [0, 0.05) is 11.9 Å². The van der Waals surface area contributed by atoms with Crippen LogP contribution in [0.5, 0.6) is 0 Å². The summed E-state index contributed by atoms with van der Waals surface area (Å²) in [6.07, 6.45) is 7.50. The average molecular weight is 263 g/mol. The Morgan fingerprint density at radius 3 is 2.94 bits per heavy atom. The molecule has 0 unspecified atom stereocenters. The number of aromatic carboxylic acids is 1. The van der Waals surface area contributed by atoms with E-state index in [9.17, 15) is 4.79 Å². The zero-order valence-electron chi connectivity index (χ0n) is 9.41. The van der Waals surface area contributed by atoms with E-state index < -0.39 is 5.97 Å². The number of aliphatic imine (C=N–C) groups is 1. The summed E-state index contributed by atoms with van der Waals surface area (Å²) in [4.78, 5) is 17.1. The summed E-state index contributed by atoms with van der Waals surface area (Å²) in [6.45, 7) is 0.718. The van der Waals surface area contributed by atoms with E-state index in [-0.39, 0.29) is 12.4 Å². The van der Waals surface area contributed by atoms with Crippen LogP contribution in [0.15, 0.2) is 41.2 Å². The van der Waals surface area contributed by atoms with Crippen LogP contribution in [0.1, 0.15) is 15.9 Å². The number of carboxylic acids is 1. The van der Waals surface area contributed by atoms with Gasteiger partial charge >= 0.3 is 5.97 Å². The zero-order valence-corrected chi connectivity index (χ0v) is 10.2. The highest BCUT2D eigenvalue weighted by molar-refractivity contribution is 5.91. The molecule has 2 aliphatic rings. The fourth-order valence-electron chi connectivity index (χ4n) is 2.05. The molecule has 2 aliphatic heterocycles. The highest BCUT2D eigenvalue weighted by Gasteiger charge is 2.19. The molecule has 0 spiro atoms. The Morgan fingerprint density at radius 1 is 1.33 bits per heavy atom. The molecule has 0 amide bonds. The second kappa shape index (κ2) is 4.66. The van der Waals surface area contributed by atoms with E-state index >= 15 is 0 Å². The molecule has 5 heteroatoms. The predicted octanol–water partition coefficient (Wildman–Crippen LogP) is 2.57. The molecule has 3 rings (SSSR count). The molecule has 4 nitrogen and oxygen atoms in total. The van der Waals surface area contributed by atoms with Gasteiger partial charge in [-0.25, -0.2) is 4.79 Å². The highest BCUT2D eigenvalue weighted by atomic mass is 35.5. The van der Waals surface area contributed by atoms with Crippen LogP contribution in [0.3, 0.4) is 0 Å². The smallest absolute Gasteiger partial charge is 0.335 e. The maximum absolute atomic E-state index is 10.9. The Labute approximate surface area is 110 Å². The number of halogens is 1. The molecular formula is C13H11ClN2O2.